The molecule has 1 aromatic heterocycles. The van der Waals surface area contributed by atoms with Crippen LogP contribution in [0.5, 0.6) is 0 Å². The van der Waals surface area contributed by atoms with E-state index in [-0.39, 0.29) is 82.8 Å². The van der Waals surface area contributed by atoms with Gasteiger partial charge in [0.15, 0.2) is 5.96 Å². The van der Waals surface area contributed by atoms with Crippen molar-refractivity contribution in [2.24, 2.45) is 63.1 Å². The van der Waals surface area contributed by atoms with E-state index in [1.54, 1.807) is 72.0 Å². The molecule has 37 heteroatoms. The fraction of sp³-hybridized carbons (Fsp3) is 0.632. The summed E-state index contributed by atoms with van der Waals surface area (Å²) in [6.07, 6.45) is 0.778. The molecule has 2 rings (SSSR count). The van der Waals surface area contributed by atoms with Gasteiger partial charge in [0.1, 0.15) is 66.5 Å². The second-order valence-electron chi connectivity index (χ2n) is 27.0. The first-order valence-electron chi connectivity index (χ1n) is 35.3. The predicted octanol–water partition coefficient (Wildman–Crippen LogP) is -3.94. The van der Waals surface area contributed by atoms with Crippen molar-refractivity contribution >= 4 is 111 Å². The molecule has 2 aromatic rings. The monoisotopic (exact) mass is 1480 g/mol. The zero-order valence-corrected chi connectivity index (χ0v) is 61.7. The van der Waals surface area contributed by atoms with Gasteiger partial charge in [-0.25, -0.2) is 0 Å². The number of H-pyrrole nitrogens is 1. The zero-order valence-electron chi connectivity index (χ0n) is 61.7. The number of nitrogens with zero attached hydrogens (tertiary/aromatic N) is 1. The number of aromatic amines is 1. The van der Waals surface area contributed by atoms with Crippen LogP contribution in [-0.4, -0.2) is 197 Å². The van der Waals surface area contributed by atoms with Crippen molar-refractivity contribution in [1.29, 1.82) is 0 Å². The smallest absolute Gasteiger partial charge is 0.303 e. The quantitative estimate of drug-likeness (QED) is 0.0171. The summed E-state index contributed by atoms with van der Waals surface area (Å²) in [5, 5.41) is 41.0. The van der Waals surface area contributed by atoms with Crippen LogP contribution in [0.2, 0.25) is 0 Å². The highest BCUT2D eigenvalue weighted by molar-refractivity contribution is 6.00. The molecule has 15 amide bonds. The number of carbonyl (C=O) groups excluding carboxylic acids is 15. The molecule has 12 atom stereocenters. The van der Waals surface area contributed by atoms with Crippen LogP contribution in [0.15, 0.2) is 35.5 Å². The molecule has 0 bridgehead atoms. The predicted molar refractivity (Wildman–Crippen MR) is 387 cm³/mol. The van der Waals surface area contributed by atoms with E-state index in [1.807, 2.05) is 6.92 Å². The number of primary amides is 3. The van der Waals surface area contributed by atoms with Crippen molar-refractivity contribution in [2.45, 2.75) is 232 Å². The molecule has 0 spiro atoms. The maximum atomic E-state index is 14.5. The largest absolute Gasteiger partial charge is 0.481 e. The number of aromatic nitrogens is 1. The van der Waals surface area contributed by atoms with Crippen LogP contribution in [0.1, 0.15) is 165 Å². The molecule has 0 aliphatic rings. The molecule has 0 aliphatic carbocycles. The Morgan fingerprint density at radius 3 is 1.49 bits per heavy atom. The highest BCUT2D eigenvalue weighted by Gasteiger charge is 2.38. The van der Waals surface area contributed by atoms with Crippen molar-refractivity contribution in [3.63, 3.8) is 0 Å². The molecule has 0 aliphatic heterocycles. The number of nitrogens with two attached hydrogens (primary N) is 6. The van der Waals surface area contributed by atoms with E-state index in [2.05, 4.69) is 73.8 Å². The fourth-order valence-electron chi connectivity index (χ4n) is 10.9. The Morgan fingerprint density at radius 2 is 0.962 bits per heavy atom. The fourth-order valence-corrected chi connectivity index (χ4v) is 10.9. The number of nitrogens with one attached hydrogen (secondary N) is 13. The van der Waals surface area contributed by atoms with Gasteiger partial charge in [0, 0.05) is 49.8 Å². The van der Waals surface area contributed by atoms with Gasteiger partial charge >= 0.3 is 5.97 Å². The third kappa shape index (κ3) is 33.2. The standard InChI is InChI=1S/C68H112N20O17/c1-11-13-19-45(61(99)88-56(37(9)12-2)67(105)84-47(29-34(3)4)63(101)80-42(57(72)95)23-25-50(70)90)81-60(98)44(21-16-27-69)79-52(92)33-77-58(96)49(31-51(71)91)85-66(104)55(36(7)8)86-62(100)46(24-26-53(93)94)82-65(103)54(35(5)6)87-64(102)48(30-39-32-76-41-20-15-14-18-40(39)41)83-59(97)43(78-38(10)89)22-17-28-75-68(73)74/h14-15,18,20,32,34-37,42-49,54-56,76H,11-13,16-17,19,21-31,33,69H2,1-10H3,(H2,70,90)(H2,71,91)(H2,72,95)(H,77,96)(H,78,89)(H,79,92)(H,80,101)(H,81,98)(H,82,103)(H,83,97)(H,84,105)(H,85,104)(H,86,100)(H,87,102)(H,88,99)(H,93,94)(H4,73,74,75)/t37-,42-,43-,44-,45-,46-,47-,48-,49-,54-,55-,56-/m0/s1. The molecule has 37 nitrogen and oxygen atoms in total. The summed E-state index contributed by atoms with van der Waals surface area (Å²) in [7, 11) is 0. The van der Waals surface area contributed by atoms with E-state index in [0.717, 1.165) is 0 Å². The Bertz CT molecular complexity index is 3360. The Labute approximate surface area is 610 Å². The van der Waals surface area contributed by atoms with E-state index in [1.165, 1.54) is 20.8 Å². The van der Waals surface area contributed by atoms with Gasteiger partial charge in [0.05, 0.1) is 13.0 Å². The number of aliphatic carboxylic acids is 1. The van der Waals surface area contributed by atoms with Crippen LogP contribution in [0.25, 0.3) is 10.9 Å². The lowest BCUT2D eigenvalue weighted by Crippen LogP contribution is -2.61. The molecule has 0 saturated heterocycles. The van der Waals surface area contributed by atoms with Gasteiger partial charge in [-0.1, -0.05) is 99.8 Å². The molecular weight excluding hydrogens is 1370 g/mol. The molecule has 105 heavy (non-hydrogen) atoms. The molecule has 0 radical (unpaired) electrons. The minimum absolute atomic E-state index is 0.0470. The zero-order chi connectivity index (χ0) is 79.4. The maximum Gasteiger partial charge on any atom is 0.303 e. The summed E-state index contributed by atoms with van der Waals surface area (Å²) >= 11 is 0. The lowest BCUT2D eigenvalue weighted by molar-refractivity contribution is -0.139. The Kier molecular flexibility index (Phi) is 39.9. The Hall–Kier alpha value is -10.5. The van der Waals surface area contributed by atoms with Crippen molar-refractivity contribution in [1.82, 2.24) is 68.8 Å². The maximum absolute atomic E-state index is 14.5. The van der Waals surface area contributed by atoms with Crippen LogP contribution >= 0.6 is 0 Å². The number of carboxylic acids is 1. The van der Waals surface area contributed by atoms with Crippen LogP contribution in [-0.2, 0) is 83.1 Å². The average Bonchev–Trinajstić information content (AvgIpc) is 1.69. The number of guanidine groups is 1. The van der Waals surface area contributed by atoms with E-state index in [0.29, 0.717) is 35.7 Å². The average molecular weight is 1480 g/mol. The van der Waals surface area contributed by atoms with Gasteiger partial charge in [-0.15, -0.1) is 0 Å². The number of carbonyl (C=O) groups is 16. The number of rotatable bonds is 50. The highest BCUT2D eigenvalue weighted by atomic mass is 16.4. The minimum Gasteiger partial charge on any atom is -0.481 e. The lowest BCUT2D eigenvalue weighted by Gasteiger charge is -2.30. The van der Waals surface area contributed by atoms with Gasteiger partial charge in [-0.3, -0.25) is 81.7 Å². The van der Waals surface area contributed by atoms with Crippen LogP contribution in [0, 0.1) is 23.7 Å². The molecule has 0 fully saturated rings. The van der Waals surface area contributed by atoms with E-state index in [4.69, 9.17) is 34.4 Å². The van der Waals surface area contributed by atoms with Crippen LogP contribution in [0.4, 0.5) is 0 Å². The van der Waals surface area contributed by atoms with Gasteiger partial charge < -0.3 is 108 Å². The summed E-state index contributed by atoms with van der Waals surface area (Å²) < 4.78 is 0. The van der Waals surface area contributed by atoms with E-state index < -0.39 is 205 Å². The normalized spacial score (nSPS) is 14.6. The summed E-state index contributed by atoms with van der Waals surface area (Å²) in [5.41, 5.74) is 34.2. The Balaban J connectivity index is 2.38. The SMILES string of the molecule is CCCC[C@H](NC(=O)[C@H](CCCN)NC(=O)CNC(=O)[C@H](CC(N)=O)NC(=O)[C@@H](NC(=O)[C@H](CCC(=O)O)NC(=O)[C@@H](NC(=O)[C@H](Cc1c[nH]c2ccccc12)NC(=O)[C@H](CCCN=C(N)N)NC(C)=O)C(C)C)C(C)C)C(=O)N[C@H](C(=O)N[C@@H](CC(C)C)C(=O)N[C@@H](CCC(N)=O)C(N)=O)[C@@H](C)CC. The first-order chi connectivity index (χ1) is 49.3. The number of fused-ring (bicyclic) bond motifs is 1. The van der Waals surface area contributed by atoms with Crippen molar-refractivity contribution < 1.29 is 81.8 Å². The van der Waals surface area contributed by atoms with Gasteiger partial charge in [-0.05, 0) is 93.2 Å². The highest BCUT2D eigenvalue weighted by Crippen LogP contribution is 2.21. The van der Waals surface area contributed by atoms with Gasteiger partial charge in [0.2, 0.25) is 88.6 Å². The number of hydrogen-bond acceptors (Lipinski definition) is 18. The second-order valence-corrected chi connectivity index (χ2v) is 27.0. The van der Waals surface area contributed by atoms with Gasteiger partial charge in [0.25, 0.3) is 0 Å². The molecular formula is C68H112N20O17. The van der Waals surface area contributed by atoms with Crippen molar-refractivity contribution in [3.8, 4) is 0 Å². The number of aliphatic imine (C=N–C) groups is 1. The number of hydrogen-bond donors (Lipinski definition) is 20. The first kappa shape index (κ1) is 90.6. The van der Waals surface area contributed by atoms with Crippen LogP contribution in [0.3, 0.4) is 0 Å². The molecule has 0 saturated carbocycles. The Morgan fingerprint density at radius 1 is 0.495 bits per heavy atom. The third-order valence-corrected chi connectivity index (χ3v) is 16.9. The molecule has 1 heterocycles. The number of benzene rings is 1. The third-order valence-electron chi connectivity index (χ3n) is 16.9. The second kappa shape index (κ2) is 46.3. The van der Waals surface area contributed by atoms with E-state index >= 15 is 0 Å². The van der Waals surface area contributed by atoms with Crippen LogP contribution < -0.4 is 98.2 Å². The number of carboxylic acid groups (broad SMARTS) is 1. The van der Waals surface area contributed by atoms with Gasteiger partial charge in [-0.2, -0.15) is 0 Å². The number of unbranched alkanes of at least 4 members (excludes halogenated alkanes) is 1. The van der Waals surface area contributed by atoms with Crippen molar-refractivity contribution in [2.75, 3.05) is 19.6 Å². The number of amides is 15. The molecule has 586 valence electrons. The van der Waals surface area contributed by atoms with Crippen molar-refractivity contribution in [3.05, 3.63) is 36.0 Å². The summed E-state index contributed by atoms with van der Waals surface area (Å²) in [6, 6.07) is -8.45. The lowest BCUT2D eigenvalue weighted by atomic mass is 9.96. The summed E-state index contributed by atoms with van der Waals surface area (Å²) in [6.45, 7) is 15.4. The molecule has 26 N–H and O–H groups in total. The minimum atomic E-state index is -1.81. The molecule has 0 unspecified atom stereocenters. The molecule has 1 aromatic carbocycles. The summed E-state index contributed by atoms with van der Waals surface area (Å²) in [5.74, 6) is -17.3. The topological polar surface area (TPSA) is 622 Å². The number of para-hydroxylation sites is 1. The first-order valence-corrected chi connectivity index (χ1v) is 35.3. The van der Waals surface area contributed by atoms with E-state index in [9.17, 15) is 81.8 Å². The summed E-state index contributed by atoms with van der Waals surface area (Å²) in [4.78, 5) is 222.